The molecule has 2 heterocycles. The molecule has 0 saturated carbocycles. The molecule has 0 fully saturated rings. The van der Waals surface area contributed by atoms with E-state index in [0.29, 0.717) is 0 Å². The summed E-state index contributed by atoms with van der Waals surface area (Å²) in [6.45, 7) is 7.23. The first-order valence-corrected chi connectivity index (χ1v) is 9.19. The third kappa shape index (κ3) is 3.44. The highest BCUT2D eigenvalue weighted by Crippen LogP contribution is 2.29. The largest absolute Gasteiger partial charge is 0.361 e. The van der Waals surface area contributed by atoms with Gasteiger partial charge in [-0.05, 0) is 32.4 Å². The third-order valence-corrected chi connectivity index (χ3v) is 5.13. The average molecular weight is 329 g/mol. The predicted molar refractivity (Wildman–Crippen MR) is 94.8 cm³/mol. The molecule has 3 rings (SSSR count). The van der Waals surface area contributed by atoms with Crippen molar-refractivity contribution in [3.63, 3.8) is 0 Å². The van der Waals surface area contributed by atoms with E-state index in [0.717, 1.165) is 34.4 Å². The van der Waals surface area contributed by atoms with Crippen molar-refractivity contribution in [1.82, 2.24) is 14.7 Å². The maximum atomic E-state index is 5.26. The molecule has 0 spiro atoms. The van der Waals surface area contributed by atoms with Crippen molar-refractivity contribution in [2.75, 3.05) is 0 Å². The number of hydrogen-bond donors (Lipinski definition) is 0. The molecule has 0 aliphatic carbocycles. The molecule has 0 bridgehead atoms. The van der Waals surface area contributed by atoms with Gasteiger partial charge in [-0.25, -0.2) is 4.98 Å². The first kappa shape index (κ1) is 16.1. The second kappa shape index (κ2) is 7.21. The molecule has 23 heavy (non-hydrogen) atoms. The summed E-state index contributed by atoms with van der Waals surface area (Å²) in [7, 11) is 0. The van der Waals surface area contributed by atoms with Crippen molar-refractivity contribution in [3.8, 4) is 0 Å². The smallest absolute Gasteiger partial charge is 0.169 e. The number of nitrogens with zero attached hydrogens (tertiary/aromatic N) is 3. The fraction of sp³-hybridized carbons (Fsp3) is 0.444. The van der Waals surface area contributed by atoms with Crippen LogP contribution in [0.25, 0.3) is 11.0 Å². The van der Waals surface area contributed by atoms with E-state index in [-0.39, 0.29) is 0 Å². The molecule has 0 unspecified atom stereocenters. The van der Waals surface area contributed by atoms with Crippen LogP contribution >= 0.6 is 11.8 Å². The van der Waals surface area contributed by atoms with Crippen molar-refractivity contribution in [2.24, 2.45) is 0 Å². The normalized spacial score (nSPS) is 11.4. The van der Waals surface area contributed by atoms with Crippen molar-refractivity contribution in [1.29, 1.82) is 0 Å². The van der Waals surface area contributed by atoms with Crippen LogP contribution in [0.1, 0.15) is 43.2 Å². The van der Waals surface area contributed by atoms with Gasteiger partial charge in [-0.2, -0.15) is 0 Å². The molecule has 3 aromatic rings. The molecule has 0 atom stereocenters. The average Bonchev–Trinajstić information content (AvgIpc) is 3.06. The van der Waals surface area contributed by atoms with Crippen molar-refractivity contribution in [3.05, 3.63) is 41.3 Å². The summed E-state index contributed by atoms with van der Waals surface area (Å²) in [4.78, 5) is 4.83. The van der Waals surface area contributed by atoms with Gasteiger partial charge in [0, 0.05) is 17.9 Å². The lowest BCUT2D eigenvalue weighted by molar-refractivity contribution is 0.392. The van der Waals surface area contributed by atoms with E-state index in [1.807, 2.05) is 13.8 Å². The monoisotopic (exact) mass is 329 g/mol. The quantitative estimate of drug-likeness (QED) is 0.445. The zero-order valence-corrected chi connectivity index (χ0v) is 14.8. The minimum atomic E-state index is 0.846. The van der Waals surface area contributed by atoms with Gasteiger partial charge in [-0.3, -0.25) is 0 Å². The number of fused-ring (bicyclic) bond motifs is 1. The summed E-state index contributed by atoms with van der Waals surface area (Å²) < 4.78 is 7.62. The van der Waals surface area contributed by atoms with E-state index in [1.165, 1.54) is 30.3 Å². The summed E-state index contributed by atoms with van der Waals surface area (Å²) in [6, 6.07) is 8.39. The lowest BCUT2D eigenvalue weighted by Gasteiger charge is -2.08. The lowest BCUT2D eigenvalue weighted by atomic mass is 10.2. The van der Waals surface area contributed by atoms with Crippen LogP contribution in [0.15, 0.2) is 33.9 Å². The van der Waals surface area contributed by atoms with E-state index in [2.05, 4.69) is 40.9 Å². The topological polar surface area (TPSA) is 43.9 Å². The molecule has 5 heteroatoms. The number of aryl methyl sites for hydroxylation is 3. The summed E-state index contributed by atoms with van der Waals surface area (Å²) in [6.07, 6.45) is 3.67. The second-order valence-electron chi connectivity index (χ2n) is 5.83. The maximum Gasteiger partial charge on any atom is 0.169 e. The number of hydrogen-bond acceptors (Lipinski definition) is 4. The highest BCUT2D eigenvalue weighted by molar-refractivity contribution is 7.98. The Morgan fingerprint density at radius 3 is 2.74 bits per heavy atom. The van der Waals surface area contributed by atoms with E-state index in [4.69, 9.17) is 9.51 Å². The number of aromatic nitrogens is 3. The minimum absolute atomic E-state index is 0.846. The molecule has 0 radical (unpaired) electrons. The van der Waals surface area contributed by atoms with E-state index in [1.54, 1.807) is 11.8 Å². The van der Waals surface area contributed by atoms with Gasteiger partial charge in [0.05, 0.1) is 16.7 Å². The van der Waals surface area contributed by atoms with Crippen LogP contribution in [0.5, 0.6) is 0 Å². The lowest BCUT2D eigenvalue weighted by Crippen LogP contribution is -2.00. The third-order valence-electron chi connectivity index (χ3n) is 4.13. The minimum Gasteiger partial charge on any atom is -0.361 e. The number of unbranched alkanes of at least 4 members (excludes halogenated alkanes) is 2. The molecular weight excluding hydrogens is 306 g/mol. The Labute approximate surface area is 141 Å². The molecule has 1 aromatic carbocycles. The van der Waals surface area contributed by atoms with Gasteiger partial charge in [0.15, 0.2) is 5.16 Å². The predicted octanol–water partition coefficient (Wildman–Crippen LogP) is 5.12. The van der Waals surface area contributed by atoms with Gasteiger partial charge in [0.1, 0.15) is 5.76 Å². The second-order valence-corrected chi connectivity index (χ2v) is 6.78. The van der Waals surface area contributed by atoms with Crippen LogP contribution in [0.3, 0.4) is 0 Å². The first-order chi connectivity index (χ1) is 11.2. The Bertz CT molecular complexity index is 771. The molecule has 0 aliphatic heterocycles. The van der Waals surface area contributed by atoms with Crippen LogP contribution in [0.2, 0.25) is 0 Å². The zero-order chi connectivity index (χ0) is 16.2. The van der Waals surface area contributed by atoms with E-state index < -0.39 is 0 Å². The number of rotatable bonds is 7. The summed E-state index contributed by atoms with van der Waals surface area (Å²) in [5.41, 5.74) is 4.46. The summed E-state index contributed by atoms with van der Waals surface area (Å²) >= 11 is 1.77. The van der Waals surface area contributed by atoms with E-state index in [9.17, 15) is 0 Å². The molecule has 122 valence electrons. The highest BCUT2D eigenvalue weighted by atomic mass is 32.2. The number of para-hydroxylation sites is 2. The van der Waals surface area contributed by atoms with Crippen molar-refractivity contribution < 1.29 is 4.52 Å². The number of imidazole rings is 1. The van der Waals surface area contributed by atoms with Gasteiger partial charge in [-0.1, -0.05) is 48.8 Å². The maximum absolute atomic E-state index is 5.26. The van der Waals surface area contributed by atoms with Crippen LogP contribution in [0, 0.1) is 13.8 Å². The summed E-state index contributed by atoms with van der Waals surface area (Å²) in [5.74, 6) is 1.75. The Hall–Kier alpha value is -1.75. The Balaban J connectivity index is 1.85. The van der Waals surface area contributed by atoms with Crippen LogP contribution < -0.4 is 0 Å². The van der Waals surface area contributed by atoms with Gasteiger partial charge in [-0.15, -0.1) is 0 Å². The fourth-order valence-electron chi connectivity index (χ4n) is 2.74. The SMILES string of the molecule is CCCCCn1c(SCc2c(C)noc2C)nc2ccccc21. The van der Waals surface area contributed by atoms with Gasteiger partial charge in [0.2, 0.25) is 0 Å². The number of thioether (sulfide) groups is 1. The van der Waals surface area contributed by atoms with Crippen molar-refractivity contribution >= 4 is 22.8 Å². The Morgan fingerprint density at radius 1 is 1.17 bits per heavy atom. The molecule has 0 N–H and O–H groups in total. The molecular formula is C18H23N3OS. The molecule has 0 aliphatic rings. The Morgan fingerprint density at radius 2 is 2.00 bits per heavy atom. The van der Waals surface area contributed by atoms with Crippen LogP contribution in [-0.4, -0.2) is 14.7 Å². The standard InChI is InChI=1S/C18H23N3OS/c1-4-5-8-11-21-17-10-7-6-9-16(17)19-18(21)23-12-15-13(2)20-22-14(15)3/h6-7,9-10H,4-5,8,11-12H2,1-3H3. The first-order valence-electron chi connectivity index (χ1n) is 8.20. The number of benzene rings is 1. The molecule has 4 nitrogen and oxygen atoms in total. The van der Waals surface area contributed by atoms with E-state index >= 15 is 0 Å². The van der Waals surface area contributed by atoms with Crippen LogP contribution in [-0.2, 0) is 12.3 Å². The van der Waals surface area contributed by atoms with Gasteiger partial charge in [0.25, 0.3) is 0 Å². The van der Waals surface area contributed by atoms with Crippen molar-refractivity contribution in [2.45, 2.75) is 57.5 Å². The van der Waals surface area contributed by atoms with Gasteiger partial charge < -0.3 is 9.09 Å². The van der Waals surface area contributed by atoms with Gasteiger partial charge >= 0.3 is 0 Å². The summed E-state index contributed by atoms with van der Waals surface area (Å²) in [5, 5.41) is 5.12. The molecule has 2 aromatic heterocycles. The zero-order valence-electron chi connectivity index (χ0n) is 14.0. The fourth-order valence-corrected chi connectivity index (χ4v) is 3.94. The Kier molecular flexibility index (Phi) is 5.06. The molecule has 0 saturated heterocycles. The van der Waals surface area contributed by atoms with Crippen LogP contribution in [0.4, 0.5) is 0 Å². The molecule has 0 amide bonds. The highest BCUT2D eigenvalue weighted by Gasteiger charge is 2.14.